The van der Waals surface area contributed by atoms with Crippen LogP contribution in [0.5, 0.6) is 0 Å². The summed E-state index contributed by atoms with van der Waals surface area (Å²) in [7, 11) is 0. The van der Waals surface area contributed by atoms with Crippen molar-refractivity contribution in [1.82, 2.24) is 0 Å². The molecule has 1 aliphatic heterocycles. The molecule has 3 rings (SSSR count). The van der Waals surface area contributed by atoms with Crippen LogP contribution in [0.4, 0.5) is 0 Å². The van der Waals surface area contributed by atoms with E-state index in [-0.39, 0.29) is 18.1 Å². The van der Waals surface area contributed by atoms with Gasteiger partial charge in [-0.1, -0.05) is 67.6 Å². The highest BCUT2D eigenvalue weighted by Gasteiger charge is 2.43. The average Bonchev–Trinajstić information content (AvgIpc) is 2.51. The van der Waals surface area contributed by atoms with Gasteiger partial charge in [0.2, 0.25) is 0 Å². The first-order valence-corrected chi connectivity index (χ1v) is 7.55. The van der Waals surface area contributed by atoms with Gasteiger partial charge >= 0.3 is 0 Å². The average molecular weight is 282 g/mol. The van der Waals surface area contributed by atoms with Gasteiger partial charge in [0, 0.05) is 12.3 Å². The summed E-state index contributed by atoms with van der Waals surface area (Å²) in [5.41, 5.74) is 1.52. The molecular weight excluding hydrogens is 260 g/mol. The molecule has 1 fully saturated rings. The van der Waals surface area contributed by atoms with E-state index in [9.17, 15) is 5.11 Å². The minimum atomic E-state index is -0.737. The summed E-state index contributed by atoms with van der Waals surface area (Å²) in [6.45, 7) is 3.99. The lowest BCUT2D eigenvalue weighted by molar-refractivity contribution is -0.178. The van der Waals surface area contributed by atoms with Crippen LogP contribution in [0.15, 0.2) is 60.7 Å². The highest BCUT2D eigenvalue weighted by molar-refractivity contribution is 5.23. The van der Waals surface area contributed by atoms with Crippen molar-refractivity contribution in [2.75, 3.05) is 0 Å². The highest BCUT2D eigenvalue weighted by Crippen LogP contribution is 2.47. The highest BCUT2D eigenvalue weighted by atomic mass is 16.5. The third-order valence-electron chi connectivity index (χ3n) is 4.64. The molecule has 0 bridgehead atoms. The number of ether oxygens (including phenoxy) is 1. The number of rotatable bonds is 2. The number of benzene rings is 2. The molecule has 0 aliphatic carbocycles. The molecule has 4 atom stereocenters. The van der Waals surface area contributed by atoms with Crippen LogP contribution in [-0.2, 0) is 4.74 Å². The maximum Gasteiger partial charge on any atom is 0.0886 e. The van der Waals surface area contributed by atoms with Crippen LogP contribution in [-0.4, -0.2) is 10.7 Å². The molecule has 0 spiro atoms. The summed E-state index contributed by atoms with van der Waals surface area (Å²) in [6.07, 6.45) is 0.476. The maximum atomic E-state index is 10.8. The zero-order chi connectivity index (χ0) is 14.9. The summed E-state index contributed by atoms with van der Waals surface area (Å²) in [5.74, 6) is 0.0554. The van der Waals surface area contributed by atoms with E-state index in [1.807, 2.05) is 43.3 Å². The van der Waals surface area contributed by atoms with E-state index in [2.05, 4.69) is 31.2 Å². The Labute approximate surface area is 126 Å². The predicted octanol–water partition coefficient (Wildman–Crippen LogP) is 4.28. The Kier molecular flexibility index (Phi) is 3.83. The van der Waals surface area contributed by atoms with E-state index in [0.717, 1.165) is 11.1 Å². The lowest BCUT2D eigenvalue weighted by atomic mass is 9.76. The van der Waals surface area contributed by atoms with Crippen LogP contribution in [0.1, 0.15) is 43.6 Å². The van der Waals surface area contributed by atoms with Crippen molar-refractivity contribution >= 4 is 0 Å². The molecule has 1 heterocycles. The molecule has 0 amide bonds. The lowest BCUT2D eigenvalue weighted by Gasteiger charge is -2.45. The van der Waals surface area contributed by atoms with Crippen molar-refractivity contribution in [2.45, 2.75) is 38.1 Å². The first kappa shape index (κ1) is 14.3. The summed E-state index contributed by atoms with van der Waals surface area (Å²) in [6, 6.07) is 20.4. The molecule has 1 aliphatic rings. The summed E-state index contributed by atoms with van der Waals surface area (Å²) < 4.78 is 6.35. The first-order chi connectivity index (χ1) is 10.1. The molecule has 2 aromatic rings. The Bertz CT molecular complexity index is 577. The molecule has 2 nitrogen and oxygen atoms in total. The van der Waals surface area contributed by atoms with Gasteiger partial charge in [-0.15, -0.1) is 0 Å². The van der Waals surface area contributed by atoms with Gasteiger partial charge in [0.05, 0.1) is 17.8 Å². The van der Waals surface area contributed by atoms with Crippen LogP contribution in [0, 0.1) is 5.92 Å². The standard InChI is InChI=1S/C19H22O2/c1-14-18(16-11-7-4-8-12-16)21-17(13-19(14,2)20)15-9-5-3-6-10-15/h3-12,14,17-18,20H,13H2,1-2H3/t14-,17+,18-,19+/m0/s1. The topological polar surface area (TPSA) is 29.5 Å². The van der Waals surface area contributed by atoms with Crippen LogP contribution < -0.4 is 0 Å². The van der Waals surface area contributed by atoms with Gasteiger partial charge in [-0.25, -0.2) is 0 Å². The molecule has 21 heavy (non-hydrogen) atoms. The van der Waals surface area contributed by atoms with Crippen molar-refractivity contribution in [3.8, 4) is 0 Å². The number of hydrogen-bond acceptors (Lipinski definition) is 2. The van der Waals surface area contributed by atoms with E-state index in [4.69, 9.17) is 4.74 Å². The molecule has 110 valence electrons. The monoisotopic (exact) mass is 282 g/mol. The lowest BCUT2D eigenvalue weighted by Crippen LogP contribution is -2.44. The number of aliphatic hydroxyl groups is 1. The van der Waals surface area contributed by atoms with Gasteiger partial charge in [0.25, 0.3) is 0 Å². The van der Waals surface area contributed by atoms with Gasteiger partial charge in [-0.05, 0) is 18.1 Å². The van der Waals surface area contributed by atoms with Gasteiger partial charge < -0.3 is 9.84 Å². The number of hydrogen-bond donors (Lipinski definition) is 1. The van der Waals surface area contributed by atoms with Crippen LogP contribution in [0.3, 0.4) is 0 Å². The van der Waals surface area contributed by atoms with Crippen LogP contribution in [0.25, 0.3) is 0 Å². The van der Waals surface area contributed by atoms with Crippen molar-refractivity contribution in [3.05, 3.63) is 71.8 Å². The van der Waals surface area contributed by atoms with Crippen molar-refractivity contribution in [3.63, 3.8) is 0 Å². The van der Waals surface area contributed by atoms with Gasteiger partial charge in [0.1, 0.15) is 0 Å². The molecule has 1 N–H and O–H groups in total. The normalized spacial score (nSPS) is 32.8. The molecule has 2 aromatic carbocycles. The second kappa shape index (κ2) is 5.63. The van der Waals surface area contributed by atoms with E-state index >= 15 is 0 Å². The third-order valence-corrected chi connectivity index (χ3v) is 4.64. The fraction of sp³-hybridized carbons (Fsp3) is 0.368. The van der Waals surface area contributed by atoms with Crippen molar-refractivity contribution < 1.29 is 9.84 Å². The summed E-state index contributed by atoms with van der Waals surface area (Å²) in [4.78, 5) is 0. The SMILES string of the molecule is C[C@H]1[C@@H](c2ccccc2)O[C@@H](c2ccccc2)C[C@@]1(C)O. The predicted molar refractivity (Wildman–Crippen MR) is 83.9 cm³/mol. The zero-order valence-electron chi connectivity index (χ0n) is 12.6. The second-order valence-electron chi connectivity index (χ2n) is 6.22. The van der Waals surface area contributed by atoms with Crippen LogP contribution in [0.2, 0.25) is 0 Å². The van der Waals surface area contributed by atoms with Gasteiger partial charge in [-0.2, -0.15) is 0 Å². The van der Waals surface area contributed by atoms with Crippen molar-refractivity contribution in [2.24, 2.45) is 5.92 Å². The summed E-state index contributed by atoms with van der Waals surface area (Å²) >= 11 is 0. The molecular formula is C19H22O2. The fourth-order valence-corrected chi connectivity index (χ4v) is 3.10. The Balaban J connectivity index is 1.93. The molecule has 0 aromatic heterocycles. The Hall–Kier alpha value is -1.64. The third kappa shape index (κ3) is 2.87. The molecule has 1 saturated heterocycles. The minimum Gasteiger partial charge on any atom is -0.390 e. The largest absolute Gasteiger partial charge is 0.390 e. The Morgan fingerprint density at radius 1 is 0.952 bits per heavy atom. The fourth-order valence-electron chi connectivity index (χ4n) is 3.10. The molecule has 2 heteroatoms. The van der Waals surface area contributed by atoms with Gasteiger partial charge in [0.15, 0.2) is 0 Å². The summed E-state index contributed by atoms with van der Waals surface area (Å²) in [5, 5.41) is 10.8. The first-order valence-electron chi connectivity index (χ1n) is 7.55. The van der Waals surface area contributed by atoms with E-state index < -0.39 is 5.60 Å². The molecule has 0 saturated carbocycles. The smallest absolute Gasteiger partial charge is 0.0886 e. The van der Waals surface area contributed by atoms with E-state index in [1.165, 1.54) is 0 Å². The quantitative estimate of drug-likeness (QED) is 0.891. The Morgan fingerprint density at radius 2 is 1.48 bits per heavy atom. The van der Waals surface area contributed by atoms with Gasteiger partial charge in [-0.3, -0.25) is 0 Å². The molecule has 0 unspecified atom stereocenters. The van der Waals surface area contributed by atoms with E-state index in [1.54, 1.807) is 0 Å². The second-order valence-corrected chi connectivity index (χ2v) is 6.22. The molecule has 0 radical (unpaired) electrons. The minimum absolute atomic E-state index is 0.0554. The van der Waals surface area contributed by atoms with Crippen LogP contribution >= 0.6 is 0 Å². The Morgan fingerprint density at radius 3 is 2.05 bits per heavy atom. The van der Waals surface area contributed by atoms with E-state index in [0.29, 0.717) is 6.42 Å². The maximum absolute atomic E-state index is 10.8. The van der Waals surface area contributed by atoms with Crippen molar-refractivity contribution in [1.29, 1.82) is 0 Å². The zero-order valence-corrected chi connectivity index (χ0v) is 12.6.